The number of alkyl halides is 2. The SMILES string of the molecule is CC(C)C(NC(=O)CN)C(=O)CCN(C(=O)C(Cl)Cl)c1ccnc(-c2ccno2)c1.Cc1c(Cl)cccc1Cl. The largest absolute Gasteiger partial charge is 0.355 e. The zero-order valence-electron chi connectivity index (χ0n) is 21.5. The van der Waals surface area contributed by atoms with Crippen molar-refractivity contribution >= 4 is 69.7 Å². The van der Waals surface area contributed by atoms with Crippen LogP contribution in [0.2, 0.25) is 10.0 Å². The molecule has 1 aromatic carbocycles. The number of amides is 2. The van der Waals surface area contributed by atoms with Crippen molar-refractivity contribution < 1.29 is 18.9 Å². The van der Waals surface area contributed by atoms with E-state index in [0.29, 0.717) is 17.1 Å². The van der Waals surface area contributed by atoms with Crippen LogP contribution in [-0.2, 0) is 14.4 Å². The molecule has 0 aliphatic carbocycles. The van der Waals surface area contributed by atoms with E-state index < -0.39 is 22.7 Å². The van der Waals surface area contributed by atoms with E-state index in [0.717, 1.165) is 15.6 Å². The molecule has 0 bridgehead atoms. The van der Waals surface area contributed by atoms with Crippen molar-refractivity contribution in [3.63, 3.8) is 0 Å². The number of anilines is 1. The Kier molecular flexibility index (Phi) is 13.2. The lowest BCUT2D eigenvalue weighted by Gasteiger charge is -2.26. The minimum atomic E-state index is -1.32. The predicted octanol–water partition coefficient (Wildman–Crippen LogP) is 5.23. The molecule has 3 aromatic rings. The van der Waals surface area contributed by atoms with E-state index in [1.54, 1.807) is 18.2 Å². The molecule has 2 aromatic heterocycles. The Labute approximate surface area is 246 Å². The molecule has 0 aliphatic rings. The van der Waals surface area contributed by atoms with Crippen LogP contribution in [0.3, 0.4) is 0 Å². The predicted molar refractivity (Wildman–Crippen MR) is 154 cm³/mol. The average molecular weight is 617 g/mol. The first kappa shape index (κ1) is 32.5. The van der Waals surface area contributed by atoms with Crippen molar-refractivity contribution in [2.24, 2.45) is 11.7 Å². The lowest BCUT2D eigenvalue weighted by molar-refractivity contribution is -0.128. The molecule has 3 rings (SSSR count). The van der Waals surface area contributed by atoms with E-state index >= 15 is 0 Å². The minimum Gasteiger partial charge on any atom is -0.355 e. The van der Waals surface area contributed by atoms with E-state index in [9.17, 15) is 14.4 Å². The molecule has 210 valence electrons. The number of pyridine rings is 1. The van der Waals surface area contributed by atoms with Gasteiger partial charge in [-0.25, -0.2) is 0 Å². The molecule has 1 unspecified atom stereocenters. The fourth-order valence-corrected chi connectivity index (χ4v) is 4.00. The maximum Gasteiger partial charge on any atom is 0.260 e. The molecule has 13 heteroatoms. The number of rotatable bonds is 10. The number of benzene rings is 1. The molecule has 9 nitrogen and oxygen atoms in total. The normalized spacial score (nSPS) is 11.5. The van der Waals surface area contributed by atoms with Crippen LogP contribution in [0.1, 0.15) is 25.8 Å². The molecule has 0 saturated carbocycles. The summed E-state index contributed by atoms with van der Waals surface area (Å²) in [6.45, 7) is 5.30. The van der Waals surface area contributed by atoms with Gasteiger partial charge in [0.2, 0.25) is 5.91 Å². The van der Waals surface area contributed by atoms with Gasteiger partial charge in [0.1, 0.15) is 5.69 Å². The maximum absolute atomic E-state index is 12.7. The molecule has 1 atom stereocenters. The summed E-state index contributed by atoms with van der Waals surface area (Å²) < 4.78 is 5.09. The van der Waals surface area contributed by atoms with Crippen LogP contribution >= 0.6 is 46.4 Å². The number of ketones is 1. The summed E-state index contributed by atoms with van der Waals surface area (Å²) in [5.41, 5.74) is 7.15. The molecule has 0 spiro atoms. The van der Waals surface area contributed by atoms with Gasteiger partial charge in [0.25, 0.3) is 5.91 Å². The highest BCUT2D eigenvalue weighted by Gasteiger charge is 2.27. The topological polar surface area (TPSA) is 131 Å². The van der Waals surface area contributed by atoms with Gasteiger partial charge in [0.05, 0.1) is 18.8 Å². The molecule has 3 N–H and O–H groups in total. The lowest BCUT2D eigenvalue weighted by Crippen LogP contribution is -2.47. The summed E-state index contributed by atoms with van der Waals surface area (Å²) in [5, 5.41) is 7.70. The van der Waals surface area contributed by atoms with Crippen molar-refractivity contribution in [2.75, 3.05) is 18.0 Å². The van der Waals surface area contributed by atoms with Gasteiger partial charge in [-0.05, 0) is 42.7 Å². The summed E-state index contributed by atoms with van der Waals surface area (Å²) >= 11 is 23.1. The maximum atomic E-state index is 12.7. The number of hydrogen-bond donors (Lipinski definition) is 2. The number of nitrogens with two attached hydrogens (primary N) is 1. The van der Waals surface area contributed by atoms with Crippen molar-refractivity contribution in [2.45, 2.75) is 38.1 Å². The quantitative estimate of drug-likeness (QED) is 0.298. The second kappa shape index (κ2) is 15.8. The van der Waals surface area contributed by atoms with Crippen LogP contribution in [-0.4, -0.2) is 51.7 Å². The van der Waals surface area contributed by atoms with E-state index in [4.69, 9.17) is 56.7 Å². The van der Waals surface area contributed by atoms with Gasteiger partial charge in [0, 0.05) is 41.0 Å². The Hall–Kier alpha value is -2.69. The molecule has 0 aliphatic heterocycles. The Morgan fingerprint density at radius 1 is 1.08 bits per heavy atom. The van der Waals surface area contributed by atoms with Gasteiger partial charge < -0.3 is 20.5 Å². The Balaban J connectivity index is 0.000000499. The number of halogens is 4. The summed E-state index contributed by atoms with van der Waals surface area (Å²) in [4.78, 5) is 41.1. The average Bonchev–Trinajstić information content (AvgIpc) is 3.45. The van der Waals surface area contributed by atoms with Crippen LogP contribution in [0.4, 0.5) is 5.69 Å². The van der Waals surface area contributed by atoms with Gasteiger partial charge in [-0.3, -0.25) is 19.4 Å². The Bertz CT molecular complexity index is 1230. The molecule has 2 amide bonds. The summed E-state index contributed by atoms with van der Waals surface area (Å²) in [6, 6.07) is 9.58. The first-order valence-corrected chi connectivity index (χ1v) is 13.5. The second-order valence-electron chi connectivity index (χ2n) is 8.62. The zero-order valence-corrected chi connectivity index (χ0v) is 24.6. The Morgan fingerprint density at radius 3 is 2.26 bits per heavy atom. The van der Waals surface area contributed by atoms with Gasteiger partial charge in [0.15, 0.2) is 16.4 Å². The fourth-order valence-electron chi connectivity index (χ4n) is 3.36. The van der Waals surface area contributed by atoms with E-state index in [1.807, 2.05) is 39.0 Å². The zero-order chi connectivity index (χ0) is 29.1. The van der Waals surface area contributed by atoms with Crippen molar-refractivity contribution in [3.8, 4) is 11.5 Å². The molecule has 2 heterocycles. The molecule has 39 heavy (non-hydrogen) atoms. The number of carbonyl (C=O) groups is 3. The lowest BCUT2D eigenvalue weighted by atomic mass is 9.97. The second-order valence-corrected chi connectivity index (χ2v) is 10.5. The van der Waals surface area contributed by atoms with E-state index in [2.05, 4.69) is 15.5 Å². The Morgan fingerprint density at radius 2 is 1.74 bits per heavy atom. The van der Waals surface area contributed by atoms with Crippen molar-refractivity contribution in [1.29, 1.82) is 0 Å². The molecule has 0 saturated heterocycles. The number of carbonyl (C=O) groups excluding carboxylic acids is 3. The van der Waals surface area contributed by atoms with E-state index in [-0.39, 0.29) is 31.2 Å². The number of nitrogens with one attached hydrogen (secondary N) is 1. The summed E-state index contributed by atoms with van der Waals surface area (Å²) in [5.74, 6) is -0.993. The van der Waals surface area contributed by atoms with Crippen molar-refractivity contribution in [3.05, 3.63) is 64.4 Å². The molecular weight excluding hydrogens is 588 g/mol. The highest BCUT2D eigenvalue weighted by Crippen LogP contribution is 2.25. The summed E-state index contributed by atoms with van der Waals surface area (Å²) in [7, 11) is 0. The van der Waals surface area contributed by atoms with Crippen LogP contribution in [0.15, 0.2) is 53.3 Å². The highest BCUT2D eigenvalue weighted by molar-refractivity contribution is 6.54. The van der Waals surface area contributed by atoms with Crippen LogP contribution in [0.5, 0.6) is 0 Å². The minimum absolute atomic E-state index is 0.00911. The van der Waals surface area contributed by atoms with E-state index in [1.165, 1.54) is 17.3 Å². The van der Waals surface area contributed by atoms with Crippen LogP contribution < -0.4 is 16.0 Å². The number of Topliss-reactive ketones (excluding diaryl/α,β-unsaturated/α-hetero) is 1. The van der Waals surface area contributed by atoms with Gasteiger partial charge >= 0.3 is 0 Å². The first-order chi connectivity index (χ1) is 18.5. The number of aromatic nitrogens is 2. The molecular formula is C26H29Cl4N5O4. The molecule has 0 radical (unpaired) electrons. The number of hydrogen-bond acceptors (Lipinski definition) is 7. The fraction of sp³-hybridized carbons (Fsp3) is 0.346. The van der Waals surface area contributed by atoms with Gasteiger partial charge in [-0.15, -0.1) is 0 Å². The third kappa shape index (κ3) is 9.77. The number of nitrogens with zero attached hydrogens (tertiary/aromatic N) is 3. The first-order valence-electron chi connectivity index (χ1n) is 11.9. The standard InChI is InChI=1S/C19H23Cl2N5O4.C7H6Cl2/c1-11(2)17(25-16(28)10-22)14(27)5-8-26(19(29)18(20)21)12-3-6-23-13(9-12)15-4-7-24-30-15;1-5-6(8)3-2-4-7(5)9/h3-4,6-7,9,11,17-18H,5,8,10,22H2,1-2H3,(H,25,28);2-4H,1H3. The smallest absolute Gasteiger partial charge is 0.260 e. The van der Waals surface area contributed by atoms with Gasteiger partial charge in [-0.2, -0.15) is 0 Å². The third-order valence-electron chi connectivity index (χ3n) is 5.50. The summed E-state index contributed by atoms with van der Waals surface area (Å²) in [6.07, 6.45) is 2.94. The molecule has 0 fully saturated rings. The van der Waals surface area contributed by atoms with Crippen molar-refractivity contribution in [1.82, 2.24) is 15.5 Å². The third-order valence-corrected chi connectivity index (χ3v) is 6.69. The van der Waals surface area contributed by atoms with Crippen LogP contribution in [0.25, 0.3) is 11.5 Å². The van der Waals surface area contributed by atoms with Crippen LogP contribution in [0, 0.1) is 12.8 Å². The monoisotopic (exact) mass is 615 g/mol. The van der Waals surface area contributed by atoms with Gasteiger partial charge in [-0.1, -0.05) is 71.5 Å². The highest BCUT2D eigenvalue weighted by atomic mass is 35.5.